The van der Waals surface area contributed by atoms with Crippen molar-refractivity contribution in [3.05, 3.63) is 52.5 Å². The smallest absolute Gasteiger partial charge is 0.255 e. The van der Waals surface area contributed by atoms with Crippen LogP contribution in [0, 0.1) is 0 Å². The van der Waals surface area contributed by atoms with E-state index in [2.05, 4.69) is 0 Å². The highest BCUT2D eigenvalue weighted by molar-refractivity contribution is 7.99. The van der Waals surface area contributed by atoms with Crippen LogP contribution >= 0.6 is 23.4 Å². The highest BCUT2D eigenvalue weighted by Crippen LogP contribution is 2.46. The lowest BCUT2D eigenvalue weighted by Gasteiger charge is -2.26. The molecule has 0 aromatic heterocycles. The highest BCUT2D eigenvalue weighted by atomic mass is 35.5. The lowest BCUT2D eigenvalue weighted by atomic mass is 10.1. The summed E-state index contributed by atoms with van der Waals surface area (Å²) < 4.78 is 16.3. The standard InChI is InChI=1S/C19H20ClNO4S/c1-23-15-11-17(25-3)16(24-2)10-14(15)19-21(7-8-26-19)18(22)12-5-4-6-13(20)9-12/h4-6,9-11,19H,7-8H2,1-3H3. The highest BCUT2D eigenvalue weighted by Gasteiger charge is 2.34. The normalized spacial score (nSPS) is 16.5. The number of thioether (sulfide) groups is 1. The van der Waals surface area contributed by atoms with Crippen molar-refractivity contribution in [1.82, 2.24) is 4.90 Å². The first-order valence-corrected chi connectivity index (χ1v) is 9.49. The van der Waals surface area contributed by atoms with Gasteiger partial charge in [0.2, 0.25) is 0 Å². The van der Waals surface area contributed by atoms with E-state index in [0.29, 0.717) is 34.4 Å². The van der Waals surface area contributed by atoms with E-state index in [1.54, 1.807) is 63.4 Å². The Morgan fingerprint density at radius 3 is 2.42 bits per heavy atom. The zero-order valence-electron chi connectivity index (χ0n) is 14.8. The first kappa shape index (κ1) is 18.7. The molecule has 1 aliphatic heterocycles. The molecular formula is C19H20ClNO4S. The molecule has 5 nitrogen and oxygen atoms in total. The van der Waals surface area contributed by atoms with E-state index < -0.39 is 0 Å². The van der Waals surface area contributed by atoms with Crippen LogP contribution in [0.3, 0.4) is 0 Å². The van der Waals surface area contributed by atoms with E-state index in [9.17, 15) is 4.79 Å². The Labute approximate surface area is 162 Å². The number of hydrogen-bond donors (Lipinski definition) is 0. The van der Waals surface area contributed by atoms with E-state index >= 15 is 0 Å². The summed E-state index contributed by atoms with van der Waals surface area (Å²) in [5.41, 5.74) is 1.45. The van der Waals surface area contributed by atoms with Gasteiger partial charge in [0, 0.05) is 34.5 Å². The third-order valence-electron chi connectivity index (χ3n) is 4.23. The lowest BCUT2D eigenvalue weighted by Crippen LogP contribution is -2.30. The predicted molar refractivity (Wildman–Crippen MR) is 104 cm³/mol. The first-order chi connectivity index (χ1) is 12.6. The fourth-order valence-electron chi connectivity index (χ4n) is 2.97. The number of hydrogen-bond acceptors (Lipinski definition) is 5. The SMILES string of the molecule is COc1cc(OC)c(C2SCCN2C(=O)c2cccc(Cl)c2)cc1OC. The monoisotopic (exact) mass is 393 g/mol. The van der Waals surface area contributed by atoms with Gasteiger partial charge in [-0.2, -0.15) is 0 Å². The third kappa shape index (κ3) is 3.57. The van der Waals surface area contributed by atoms with Crippen molar-refractivity contribution < 1.29 is 19.0 Å². The average molecular weight is 394 g/mol. The van der Waals surface area contributed by atoms with Crippen molar-refractivity contribution in [3.8, 4) is 17.2 Å². The van der Waals surface area contributed by atoms with E-state index in [0.717, 1.165) is 11.3 Å². The van der Waals surface area contributed by atoms with Crippen LogP contribution in [0.1, 0.15) is 21.3 Å². The first-order valence-electron chi connectivity index (χ1n) is 8.07. The van der Waals surface area contributed by atoms with E-state index in [-0.39, 0.29) is 11.3 Å². The van der Waals surface area contributed by atoms with Crippen LogP contribution in [0.5, 0.6) is 17.2 Å². The van der Waals surface area contributed by atoms with Gasteiger partial charge in [0.25, 0.3) is 5.91 Å². The number of ether oxygens (including phenoxy) is 3. The van der Waals surface area contributed by atoms with E-state index in [4.69, 9.17) is 25.8 Å². The third-order valence-corrected chi connectivity index (χ3v) is 5.70. The Balaban J connectivity index is 1.98. The van der Waals surface area contributed by atoms with Crippen LogP contribution in [0.4, 0.5) is 0 Å². The molecule has 7 heteroatoms. The molecule has 1 saturated heterocycles. The Bertz CT molecular complexity index is 814. The van der Waals surface area contributed by atoms with Crippen LogP contribution in [-0.4, -0.2) is 44.4 Å². The van der Waals surface area contributed by atoms with Gasteiger partial charge in [-0.05, 0) is 24.3 Å². The molecular weight excluding hydrogens is 374 g/mol. The Hall–Kier alpha value is -2.05. The van der Waals surface area contributed by atoms with E-state index in [1.807, 2.05) is 11.0 Å². The Kier molecular flexibility index (Phi) is 5.84. The maximum absolute atomic E-state index is 13.0. The van der Waals surface area contributed by atoms with Gasteiger partial charge in [0.05, 0.1) is 21.3 Å². The fraction of sp³-hybridized carbons (Fsp3) is 0.316. The summed E-state index contributed by atoms with van der Waals surface area (Å²) in [7, 11) is 4.77. The second kappa shape index (κ2) is 8.10. The molecule has 2 aromatic carbocycles. The molecule has 1 atom stereocenters. The predicted octanol–water partition coefficient (Wildman–Crippen LogP) is 4.25. The minimum atomic E-state index is -0.170. The second-order valence-electron chi connectivity index (χ2n) is 5.68. The summed E-state index contributed by atoms with van der Waals surface area (Å²) in [6.45, 7) is 0.651. The molecule has 1 fully saturated rings. The number of amides is 1. The lowest BCUT2D eigenvalue weighted by molar-refractivity contribution is 0.0759. The molecule has 1 unspecified atom stereocenters. The molecule has 26 heavy (non-hydrogen) atoms. The number of benzene rings is 2. The van der Waals surface area contributed by atoms with Crippen LogP contribution in [0.2, 0.25) is 5.02 Å². The summed E-state index contributed by atoms with van der Waals surface area (Å²) in [4.78, 5) is 14.9. The number of rotatable bonds is 5. The average Bonchev–Trinajstić information content (AvgIpc) is 3.15. The summed E-state index contributed by atoms with van der Waals surface area (Å²) in [6.07, 6.45) is 0. The van der Waals surface area contributed by atoms with Gasteiger partial charge in [-0.1, -0.05) is 17.7 Å². The minimum absolute atomic E-state index is 0.0562. The number of nitrogens with zero attached hydrogens (tertiary/aromatic N) is 1. The van der Waals surface area contributed by atoms with Crippen molar-refractivity contribution in [2.24, 2.45) is 0 Å². The van der Waals surface area contributed by atoms with Crippen molar-refractivity contribution in [3.63, 3.8) is 0 Å². The molecule has 138 valence electrons. The van der Waals surface area contributed by atoms with Crippen molar-refractivity contribution in [2.45, 2.75) is 5.37 Å². The fourth-order valence-corrected chi connectivity index (χ4v) is 4.43. The van der Waals surface area contributed by atoms with Gasteiger partial charge in [0.15, 0.2) is 11.5 Å². The van der Waals surface area contributed by atoms with Crippen molar-refractivity contribution in [1.29, 1.82) is 0 Å². The topological polar surface area (TPSA) is 48.0 Å². The summed E-state index contributed by atoms with van der Waals surface area (Å²) in [6, 6.07) is 10.7. The van der Waals surface area contributed by atoms with Gasteiger partial charge in [-0.3, -0.25) is 4.79 Å². The number of carbonyl (C=O) groups is 1. The van der Waals surface area contributed by atoms with Gasteiger partial charge >= 0.3 is 0 Å². The van der Waals surface area contributed by atoms with Gasteiger partial charge in [-0.15, -0.1) is 11.8 Å². The maximum atomic E-state index is 13.0. The Morgan fingerprint density at radius 2 is 1.77 bits per heavy atom. The molecule has 0 saturated carbocycles. The molecule has 2 aromatic rings. The molecule has 1 aliphatic rings. The number of halogens is 1. The summed E-state index contributed by atoms with van der Waals surface area (Å²) in [5, 5.41) is 0.374. The number of carbonyl (C=O) groups excluding carboxylic acids is 1. The van der Waals surface area contributed by atoms with Crippen molar-refractivity contribution >= 4 is 29.3 Å². The molecule has 0 radical (unpaired) electrons. The Morgan fingerprint density at radius 1 is 1.08 bits per heavy atom. The van der Waals surface area contributed by atoms with Crippen molar-refractivity contribution in [2.75, 3.05) is 33.6 Å². The van der Waals surface area contributed by atoms with Crippen LogP contribution in [0.15, 0.2) is 36.4 Å². The van der Waals surface area contributed by atoms with Gasteiger partial charge in [0.1, 0.15) is 11.1 Å². The molecule has 0 aliphatic carbocycles. The minimum Gasteiger partial charge on any atom is -0.496 e. The molecule has 0 bridgehead atoms. The number of methoxy groups -OCH3 is 3. The maximum Gasteiger partial charge on any atom is 0.255 e. The molecule has 3 rings (SSSR count). The second-order valence-corrected chi connectivity index (χ2v) is 7.31. The zero-order valence-corrected chi connectivity index (χ0v) is 16.4. The van der Waals surface area contributed by atoms with Crippen LogP contribution in [0.25, 0.3) is 0 Å². The zero-order chi connectivity index (χ0) is 18.7. The van der Waals surface area contributed by atoms with Crippen LogP contribution in [-0.2, 0) is 0 Å². The molecule has 1 heterocycles. The van der Waals surface area contributed by atoms with E-state index in [1.165, 1.54) is 0 Å². The molecule has 0 spiro atoms. The summed E-state index contributed by atoms with van der Waals surface area (Å²) >= 11 is 7.73. The van der Waals surface area contributed by atoms with Crippen LogP contribution < -0.4 is 14.2 Å². The molecule has 1 amide bonds. The quantitative estimate of drug-likeness (QED) is 0.759. The van der Waals surface area contributed by atoms with Gasteiger partial charge in [-0.25, -0.2) is 0 Å². The molecule has 0 N–H and O–H groups in total. The van der Waals surface area contributed by atoms with Gasteiger partial charge < -0.3 is 19.1 Å². The summed E-state index contributed by atoms with van der Waals surface area (Å²) in [5.74, 6) is 2.63. The largest absolute Gasteiger partial charge is 0.496 e.